The van der Waals surface area contributed by atoms with Gasteiger partial charge in [-0.2, -0.15) is 0 Å². The lowest BCUT2D eigenvalue weighted by Crippen LogP contribution is -1.91. The number of hydrogen-bond donors (Lipinski definition) is 0. The topological polar surface area (TPSA) is 17.1 Å². The van der Waals surface area contributed by atoms with Gasteiger partial charge >= 0.3 is 0 Å². The monoisotopic (exact) mass is 117 g/mol. The van der Waals surface area contributed by atoms with Crippen molar-refractivity contribution < 1.29 is 4.79 Å². The maximum Gasteiger partial charge on any atom is 0.186 e. The third-order valence-electron chi connectivity index (χ3n) is 0.367. The lowest BCUT2D eigenvalue weighted by atomic mass is 10.6. The molecule has 2 heteroatoms. The van der Waals surface area contributed by atoms with Gasteiger partial charge < -0.3 is 0 Å². The first-order valence-corrected chi connectivity index (χ1v) is 3.01. The highest BCUT2D eigenvalue weighted by Gasteiger charge is 1.95. The van der Waals surface area contributed by atoms with Gasteiger partial charge in [-0.3, -0.25) is 4.79 Å². The van der Waals surface area contributed by atoms with Gasteiger partial charge in [-0.05, 0) is 6.92 Å². The molecular weight excluding hydrogens is 108 g/mol. The fourth-order valence-electron chi connectivity index (χ4n) is 0.283. The van der Waals surface area contributed by atoms with E-state index in [9.17, 15) is 4.79 Å². The van der Waals surface area contributed by atoms with Crippen molar-refractivity contribution in [1.82, 2.24) is 0 Å². The van der Waals surface area contributed by atoms with Crippen LogP contribution in [0.25, 0.3) is 0 Å². The van der Waals surface area contributed by atoms with Gasteiger partial charge in [0.15, 0.2) is 5.12 Å². The van der Waals surface area contributed by atoms with Crippen molar-refractivity contribution in [2.24, 2.45) is 0 Å². The highest BCUT2D eigenvalue weighted by molar-refractivity contribution is 8.14. The van der Waals surface area contributed by atoms with Gasteiger partial charge in [0.25, 0.3) is 0 Å². The second kappa shape index (κ2) is 3.08. The molecule has 0 heterocycles. The fraction of sp³-hybridized carbons (Fsp3) is 0.600. The predicted octanol–water partition coefficient (Wildman–Crippen LogP) is 1.49. The number of rotatable bonds is 1. The smallest absolute Gasteiger partial charge is 0.186 e. The Morgan fingerprint density at radius 3 is 2.29 bits per heavy atom. The normalized spacial score (nSPS) is 9.71. The van der Waals surface area contributed by atoms with E-state index in [0.29, 0.717) is 0 Å². The van der Waals surface area contributed by atoms with E-state index in [1.807, 2.05) is 6.92 Å². The van der Waals surface area contributed by atoms with Crippen LogP contribution in [0.4, 0.5) is 0 Å². The number of carbonyl (C=O) groups is 1. The minimum absolute atomic E-state index is 0.141. The Kier molecular flexibility index (Phi) is 3.09. The van der Waals surface area contributed by atoms with Crippen molar-refractivity contribution in [2.45, 2.75) is 19.1 Å². The molecule has 0 aromatic heterocycles. The molecule has 0 aromatic carbocycles. The van der Waals surface area contributed by atoms with Gasteiger partial charge in [-0.1, -0.05) is 18.7 Å². The van der Waals surface area contributed by atoms with Crippen LogP contribution in [0.1, 0.15) is 13.8 Å². The second-order valence-electron chi connectivity index (χ2n) is 1.42. The molecule has 0 aliphatic carbocycles. The maximum atomic E-state index is 10.2. The highest BCUT2D eigenvalue weighted by atomic mass is 32.2. The zero-order valence-electron chi connectivity index (χ0n) is 4.60. The SMILES string of the molecule is [CH2]C(C)SC(C)=O. The van der Waals surface area contributed by atoms with Crippen LogP contribution >= 0.6 is 11.8 Å². The Bertz CT molecular complexity index is 68.5. The zero-order chi connectivity index (χ0) is 5.86. The van der Waals surface area contributed by atoms with Crippen LogP contribution in [-0.2, 0) is 4.79 Å². The Morgan fingerprint density at radius 1 is 1.86 bits per heavy atom. The van der Waals surface area contributed by atoms with Crippen molar-refractivity contribution >= 4 is 16.9 Å². The van der Waals surface area contributed by atoms with Crippen LogP contribution in [-0.4, -0.2) is 10.4 Å². The second-order valence-corrected chi connectivity index (χ2v) is 3.04. The first-order chi connectivity index (χ1) is 3.13. The van der Waals surface area contributed by atoms with Crippen LogP contribution in [0.5, 0.6) is 0 Å². The molecule has 0 N–H and O–H groups in total. The van der Waals surface area contributed by atoms with Crippen LogP contribution in [0.2, 0.25) is 0 Å². The molecule has 0 saturated heterocycles. The van der Waals surface area contributed by atoms with E-state index >= 15 is 0 Å². The Hall–Kier alpha value is 0.0200. The summed E-state index contributed by atoms with van der Waals surface area (Å²) in [7, 11) is 0. The fourth-order valence-corrected chi connectivity index (χ4v) is 0.850. The molecule has 0 aliphatic heterocycles. The summed E-state index contributed by atoms with van der Waals surface area (Å²) < 4.78 is 0. The standard InChI is InChI=1S/C5H9OS/c1-4(2)7-5(3)6/h4H,1H2,2-3H3. The van der Waals surface area contributed by atoms with E-state index < -0.39 is 0 Å². The van der Waals surface area contributed by atoms with E-state index in [1.165, 1.54) is 11.8 Å². The number of thioether (sulfide) groups is 1. The van der Waals surface area contributed by atoms with Gasteiger partial charge in [-0.15, -0.1) is 0 Å². The summed E-state index contributed by atoms with van der Waals surface area (Å²) >= 11 is 1.26. The molecule has 0 bridgehead atoms. The van der Waals surface area contributed by atoms with Crippen molar-refractivity contribution in [3.05, 3.63) is 6.92 Å². The summed E-state index contributed by atoms with van der Waals surface area (Å²) in [6, 6.07) is 0. The summed E-state index contributed by atoms with van der Waals surface area (Å²) in [4.78, 5) is 10.2. The Labute approximate surface area is 48.5 Å². The van der Waals surface area contributed by atoms with Crippen LogP contribution in [0.15, 0.2) is 0 Å². The van der Waals surface area contributed by atoms with Crippen LogP contribution in [0, 0.1) is 6.92 Å². The summed E-state index contributed by atoms with van der Waals surface area (Å²) in [5.74, 6) is 0. The van der Waals surface area contributed by atoms with Gasteiger partial charge in [0.1, 0.15) is 0 Å². The van der Waals surface area contributed by atoms with Gasteiger partial charge in [0, 0.05) is 12.2 Å². The minimum Gasteiger partial charge on any atom is -0.288 e. The Balaban J connectivity index is 3.13. The molecule has 0 spiro atoms. The lowest BCUT2D eigenvalue weighted by Gasteiger charge is -1.95. The average molecular weight is 117 g/mol. The summed E-state index contributed by atoms with van der Waals surface area (Å²) in [6.45, 7) is 7.06. The molecule has 0 aliphatic rings. The van der Waals surface area contributed by atoms with Gasteiger partial charge in [-0.25, -0.2) is 0 Å². The molecule has 41 valence electrons. The quantitative estimate of drug-likeness (QED) is 0.517. The summed E-state index contributed by atoms with van der Waals surface area (Å²) in [5.41, 5.74) is 0. The van der Waals surface area contributed by atoms with E-state index in [2.05, 4.69) is 6.92 Å². The van der Waals surface area contributed by atoms with E-state index in [-0.39, 0.29) is 10.4 Å². The third-order valence-corrected chi connectivity index (χ3v) is 1.10. The summed E-state index contributed by atoms with van der Waals surface area (Å²) in [6.07, 6.45) is 0. The van der Waals surface area contributed by atoms with E-state index in [4.69, 9.17) is 0 Å². The molecule has 0 aromatic rings. The molecule has 0 saturated carbocycles. The molecule has 0 rings (SSSR count). The van der Waals surface area contributed by atoms with E-state index in [1.54, 1.807) is 6.92 Å². The molecule has 1 atom stereocenters. The van der Waals surface area contributed by atoms with Crippen LogP contribution < -0.4 is 0 Å². The van der Waals surface area contributed by atoms with Crippen molar-refractivity contribution in [3.63, 3.8) is 0 Å². The largest absolute Gasteiger partial charge is 0.288 e. The highest BCUT2D eigenvalue weighted by Crippen LogP contribution is 2.07. The predicted molar refractivity (Wildman–Crippen MR) is 33.1 cm³/mol. The van der Waals surface area contributed by atoms with E-state index in [0.717, 1.165) is 0 Å². The van der Waals surface area contributed by atoms with Gasteiger partial charge in [0.05, 0.1) is 0 Å². The molecule has 0 fully saturated rings. The van der Waals surface area contributed by atoms with Crippen molar-refractivity contribution in [2.75, 3.05) is 0 Å². The maximum absolute atomic E-state index is 10.2. The first-order valence-electron chi connectivity index (χ1n) is 2.13. The van der Waals surface area contributed by atoms with Gasteiger partial charge in [0.2, 0.25) is 0 Å². The molecule has 1 radical (unpaired) electrons. The summed E-state index contributed by atoms with van der Waals surface area (Å²) in [5, 5.41) is 0.333. The number of hydrogen-bond acceptors (Lipinski definition) is 2. The zero-order valence-corrected chi connectivity index (χ0v) is 5.42. The van der Waals surface area contributed by atoms with Crippen molar-refractivity contribution in [1.29, 1.82) is 0 Å². The molecule has 0 amide bonds. The van der Waals surface area contributed by atoms with Crippen LogP contribution in [0.3, 0.4) is 0 Å². The molecule has 7 heavy (non-hydrogen) atoms. The molecular formula is C5H9OS. The first kappa shape index (κ1) is 7.02. The minimum atomic E-state index is 0.141. The third kappa shape index (κ3) is 6.02. The number of carbonyl (C=O) groups excluding carboxylic acids is 1. The average Bonchev–Trinajstić information content (AvgIpc) is 1.27. The lowest BCUT2D eigenvalue weighted by molar-refractivity contribution is -0.109. The molecule has 1 nitrogen and oxygen atoms in total. The Morgan fingerprint density at radius 2 is 2.29 bits per heavy atom. The molecule has 1 unspecified atom stereocenters. The van der Waals surface area contributed by atoms with Crippen molar-refractivity contribution in [3.8, 4) is 0 Å².